The largest absolute Gasteiger partial charge is 0.310 e. The summed E-state index contributed by atoms with van der Waals surface area (Å²) in [6.07, 6.45) is 3.66. The van der Waals surface area contributed by atoms with Crippen molar-refractivity contribution in [3.05, 3.63) is 240 Å². The Morgan fingerprint density at radius 2 is 0.934 bits per heavy atom. The van der Waals surface area contributed by atoms with Crippen molar-refractivity contribution >= 4 is 44.9 Å². The Hall–Kier alpha value is -7.16. The van der Waals surface area contributed by atoms with Crippen LogP contribution in [0.5, 0.6) is 0 Å². The van der Waals surface area contributed by atoms with Crippen LogP contribution in [0.4, 0.5) is 34.1 Å². The summed E-state index contributed by atoms with van der Waals surface area (Å²) in [4.78, 5) is 5.04. The van der Waals surface area contributed by atoms with Crippen molar-refractivity contribution in [3.63, 3.8) is 0 Å². The third-order valence-electron chi connectivity index (χ3n) is 13.2. The molecule has 0 amide bonds. The molecule has 294 valence electrons. The Bertz CT molecular complexity index is 3010. The summed E-state index contributed by atoms with van der Waals surface area (Å²) in [5, 5.41) is 2.48. The predicted octanol–water partition coefficient (Wildman–Crippen LogP) is 15.6. The van der Waals surface area contributed by atoms with E-state index in [4.69, 9.17) is 0 Å². The van der Waals surface area contributed by atoms with Gasteiger partial charge in [-0.2, -0.15) is 0 Å². The van der Waals surface area contributed by atoms with Crippen LogP contribution >= 0.6 is 0 Å². The van der Waals surface area contributed by atoms with Gasteiger partial charge in [-0.15, -0.1) is 0 Å². The van der Waals surface area contributed by atoms with Gasteiger partial charge in [0.1, 0.15) is 0 Å². The third-order valence-corrected chi connectivity index (χ3v) is 13.2. The van der Waals surface area contributed by atoms with Gasteiger partial charge < -0.3 is 9.80 Å². The standard InChI is InChI=1S/C59H48N2/c1-59(2)53-27-15-14-26-51(53)58-52(44-17-6-3-7-18-44)39-49(40-54(58)59)61(55-28-16-20-43-19-12-13-25-50(43)55)57-38-42-30-34-45-33-29-41(31-35-46(57)36-32-42)37-56(45)60(47-21-8-4-9-22-47)48-23-10-5-11-24-48/h3-29,32-33,36-40H,30-31,34-35H2,1-2H3. The minimum absolute atomic E-state index is 0.172. The van der Waals surface area contributed by atoms with Crippen LogP contribution in [-0.4, -0.2) is 0 Å². The van der Waals surface area contributed by atoms with Crippen molar-refractivity contribution in [1.82, 2.24) is 0 Å². The van der Waals surface area contributed by atoms with E-state index >= 15 is 0 Å². The van der Waals surface area contributed by atoms with E-state index in [9.17, 15) is 0 Å². The number of rotatable bonds is 7. The zero-order valence-electron chi connectivity index (χ0n) is 34.9. The number of fused-ring (bicyclic) bond motifs is 4. The second-order valence-electron chi connectivity index (χ2n) is 17.2. The van der Waals surface area contributed by atoms with Gasteiger partial charge in [-0.25, -0.2) is 0 Å². The molecule has 9 aromatic carbocycles. The molecule has 4 bridgehead atoms. The van der Waals surface area contributed by atoms with E-state index in [-0.39, 0.29) is 5.41 Å². The highest BCUT2D eigenvalue weighted by molar-refractivity contribution is 6.02. The number of aryl methyl sites for hydroxylation is 4. The molecule has 2 nitrogen and oxygen atoms in total. The summed E-state index contributed by atoms with van der Waals surface area (Å²) >= 11 is 0. The van der Waals surface area contributed by atoms with E-state index in [1.807, 2.05) is 0 Å². The maximum absolute atomic E-state index is 2.60. The summed E-state index contributed by atoms with van der Waals surface area (Å²) in [6, 6.07) is 76.9. The van der Waals surface area contributed by atoms with E-state index in [0.29, 0.717) is 0 Å². The molecule has 0 aromatic heterocycles. The summed E-state index contributed by atoms with van der Waals surface area (Å²) < 4.78 is 0. The number of hydrogen-bond donors (Lipinski definition) is 0. The van der Waals surface area contributed by atoms with Crippen molar-refractivity contribution in [1.29, 1.82) is 0 Å². The van der Waals surface area contributed by atoms with Gasteiger partial charge in [0, 0.05) is 39.2 Å². The smallest absolute Gasteiger partial charge is 0.0540 e. The number of anilines is 6. The fourth-order valence-corrected chi connectivity index (χ4v) is 10.1. The minimum Gasteiger partial charge on any atom is -0.310 e. The van der Waals surface area contributed by atoms with Crippen LogP contribution in [0.1, 0.15) is 47.2 Å². The van der Waals surface area contributed by atoms with E-state index in [0.717, 1.165) is 25.7 Å². The molecule has 0 saturated carbocycles. The van der Waals surface area contributed by atoms with E-state index < -0.39 is 0 Å². The molecule has 61 heavy (non-hydrogen) atoms. The maximum atomic E-state index is 2.60. The first-order chi connectivity index (χ1) is 30.0. The molecule has 0 radical (unpaired) electrons. The molecule has 0 unspecified atom stereocenters. The second kappa shape index (κ2) is 15.1. The van der Waals surface area contributed by atoms with Gasteiger partial charge in [-0.05, 0) is 141 Å². The van der Waals surface area contributed by atoms with Crippen molar-refractivity contribution < 1.29 is 0 Å². The number of hydrogen-bond acceptors (Lipinski definition) is 2. The Labute approximate surface area is 360 Å². The van der Waals surface area contributed by atoms with Crippen LogP contribution in [0.25, 0.3) is 33.0 Å². The molecule has 0 saturated heterocycles. The highest BCUT2D eigenvalue weighted by atomic mass is 15.2. The highest BCUT2D eigenvalue weighted by Gasteiger charge is 2.38. The van der Waals surface area contributed by atoms with Gasteiger partial charge in [-0.1, -0.05) is 166 Å². The lowest BCUT2D eigenvalue weighted by Crippen LogP contribution is -2.18. The molecule has 9 aromatic rings. The predicted molar refractivity (Wildman–Crippen MR) is 258 cm³/mol. The summed E-state index contributed by atoms with van der Waals surface area (Å²) in [6.45, 7) is 4.80. The molecule has 0 spiro atoms. The average molecular weight is 785 g/mol. The normalized spacial score (nSPS) is 13.6. The van der Waals surface area contributed by atoms with Crippen LogP contribution in [0, 0.1) is 0 Å². The maximum Gasteiger partial charge on any atom is 0.0540 e. The SMILES string of the molecule is CC1(C)c2ccccc2-c2c(-c3ccccc3)cc(N(c3cc4ccc3CCc3ccc(c(N(c5ccccc5)c5ccccc5)c3)CC4)c3cccc4ccccc34)cc21. The van der Waals surface area contributed by atoms with Gasteiger partial charge in [-0.3, -0.25) is 0 Å². The first kappa shape index (κ1) is 36.9. The quantitative estimate of drug-likeness (QED) is 0.159. The molecule has 0 aliphatic heterocycles. The molecular weight excluding hydrogens is 737 g/mol. The molecule has 0 heterocycles. The van der Waals surface area contributed by atoms with Gasteiger partial charge in [0.05, 0.1) is 5.69 Å². The van der Waals surface area contributed by atoms with E-state index in [1.165, 1.54) is 101 Å². The Kier molecular flexibility index (Phi) is 9.16. The Balaban J connectivity index is 1.10. The van der Waals surface area contributed by atoms with Crippen LogP contribution in [0.2, 0.25) is 0 Å². The molecule has 0 fully saturated rings. The number of nitrogens with zero attached hydrogens (tertiary/aromatic N) is 2. The lowest BCUT2D eigenvalue weighted by molar-refractivity contribution is 0.660. The van der Waals surface area contributed by atoms with Gasteiger partial charge in [0.25, 0.3) is 0 Å². The lowest BCUT2D eigenvalue weighted by Gasteiger charge is -2.32. The van der Waals surface area contributed by atoms with Gasteiger partial charge in [0.2, 0.25) is 0 Å². The Morgan fingerprint density at radius 3 is 1.61 bits per heavy atom. The van der Waals surface area contributed by atoms with Crippen molar-refractivity contribution in [3.8, 4) is 22.3 Å². The summed E-state index contributed by atoms with van der Waals surface area (Å²) in [5.74, 6) is 0. The van der Waals surface area contributed by atoms with Crippen molar-refractivity contribution in [2.24, 2.45) is 0 Å². The van der Waals surface area contributed by atoms with E-state index in [1.54, 1.807) is 0 Å². The summed E-state index contributed by atoms with van der Waals surface area (Å²) in [5.41, 5.74) is 20.4. The van der Waals surface area contributed by atoms with Crippen molar-refractivity contribution in [2.45, 2.75) is 44.9 Å². The number of benzene rings is 9. The fraction of sp³-hybridized carbons (Fsp3) is 0.119. The summed E-state index contributed by atoms with van der Waals surface area (Å²) in [7, 11) is 0. The lowest BCUT2D eigenvalue weighted by atomic mass is 9.81. The highest BCUT2D eigenvalue weighted by Crippen LogP contribution is 2.55. The van der Waals surface area contributed by atoms with Crippen molar-refractivity contribution in [2.75, 3.05) is 9.80 Å². The van der Waals surface area contributed by atoms with Gasteiger partial charge in [0.15, 0.2) is 0 Å². The molecular formula is C59H48N2. The number of para-hydroxylation sites is 2. The molecule has 5 aliphatic rings. The van der Waals surface area contributed by atoms with Gasteiger partial charge >= 0.3 is 0 Å². The Morgan fingerprint density at radius 1 is 0.377 bits per heavy atom. The molecule has 0 atom stereocenters. The van der Waals surface area contributed by atoms with Crippen LogP contribution in [0.3, 0.4) is 0 Å². The zero-order chi connectivity index (χ0) is 40.9. The third kappa shape index (κ3) is 6.51. The van der Waals surface area contributed by atoms with Crippen LogP contribution in [0.15, 0.2) is 206 Å². The fourth-order valence-electron chi connectivity index (χ4n) is 10.1. The molecule has 14 rings (SSSR count). The molecule has 0 N–H and O–H groups in total. The zero-order valence-corrected chi connectivity index (χ0v) is 34.9. The van der Waals surface area contributed by atoms with E-state index in [2.05, 4.69) is 230 Å². The topological polar surface area (TPSA) is 6.48 Å². The monoisotopic (exact) mass is 784 g/mol. The average Bonchev–Trinajstić information content (AvgIpc) is 3.54. The molecule has 2 heteroatoms. The first-order valence-corrected chi connectivity index (χ1v) is 21.8. The molecule has 5 aliphatic carbocycles. The minimum atomic E-state index is -0.172. The first-order valence-electron chi connectivity index (χ1n) is 21.8. The second-order valence-corrected chi connectivity index (χ2v) is 17.2. The van der Waals surface area contributed by atoms with Crippen LogP contribution in [-0.2, 0) is 31.1 Å². The van der Waals surface area contributed by atoms with Crippen LogP contribution < -0.4 is 9.80 Å².